The first-order valence-electron chi connectivity index (χ1n) is 15.5. The first kappa shape index (κ1) is 25.6. The lowest BCUT2D eigenvalue weighted by atomic mass is 9.99. The van der Waals surface area contributed by atoms with Crippen LogP contribution < -0.4 is 4.90 Å². The van der Waals surface area contributed by atoms with E-state index in [0.29, 0.717) is 0 Å². The Bertz CT molecular complexity index is 2540. The van der Waals surface area contributed by atoms with Crippen LogP contribution in [0.1, 0.15) is 0 Å². The van der Waals surface area contributed by atoms with Crippen LogP contribution in [-0.2, 0) is 0 Å². The molecule has 0 saturated carbocycles. The first-order valence-corrected chi connectivity index (χ1v) is 15.5. The van der Waals surface area contributed by atoms with Crippen LogP contribution in [-0.4, -0.2) is 0 Å². The summed E-state index contributed by atoms with van der Waals surface area (Å²) in [6.45, 7) is 0. The van der Waals surface area contributed by atoms with Gasteiger partial charge in [-0.1, -0.05) is 133 Å². The van der Waals surface area contributed by atoms with E-state index < -0.39 is 0 Å². The Morgan fingerprint density at radius 3 is 1.47 bits per heavy atom. The zero-order chi connectivity index (χ0) is 29.7. The highest BCUT2D eigenvalue weighted by atomic mass is 15.1. The molecule has 1 heteroatoms. The van der Waals surface area contributed by atoms with Crippen LogP contribution in [0.3, 0.4) is 0 Å². The van der Waals surface area contributed by atoms with Crippen molar-refractivity contribution in [2.45, 2.75) is 0 Å². The zero-order valence-corrected chi connectivity index (χ0v) is 24.7. The van der Waals surface area contributed by atoms with E-state index in [0.717, 1.165) is 17.1 Å². The van der Waals surface area contributed by atoms with Crippen LogP contribution in [0.25, 0.3) is 65.0 Å². The molecule has 0 aromatic heterocycles. The molecule has 0 fully saturated rings. The quantitative estimate of drug-likeness (QED) is 0.190. The molecule has 0 atom stereocenters. The van der Waals surface area contributed by atoms with Crippen LogP contribution in [0.4, 0.5) is 17.1 Å². The summed E-state index contributed by atoms with van der Waals surface area (Å²) in [6.07, 6.45) is 0. The summed E-state index contributed by atoms with van der Waals surface area (Å²) in [7, 11) is 0. The molecule has 45 heavy (non-hydrogen) atoms. The van der Waals surface area contributed by atoms with Crippen molar-refractivity contribution in [3.63, 3.8) is 0 Å². The lowest BCUT2D eigenvalue weighted by Crippen LogP contribution is -2.10. The van der Waals surface area contributed by atoms with Gasteiger partial charge in [0.25, 0.3) is 0 Å². The Morgan fingerprint density at radius 1 is 0.244 bits per heavy atom. The van der Waals surface area contributed by atoms with Crippen molar-refractivity contribution in [1.29, 1.82) is 0 Å². The van der Waals surface area contributed by atoms with Crippen molar-refractivity contribution < 1.29 is 0 Å². The Balaban J connectivity index is 1.21. The van der Waals surface area contributed by atoms with Gasteiger partial charge < -0.3 is 4.90 Å². The average molecular weight is 572 g/mol. The third kappa shape index (κ3) is 4.41. The monoisotopic (exact) mass is 571 g/mol. The van der Waals surface area contributed by atoms with Gasteiger partial charge in [-0.2, -0.15) is 0 Å². The minimum Gasteiger partial charge on any atom is -0.310 e. The summed E-state index contributed by atoms with van der Waals surface area (Å²) in [6, 6.07) is 64.2. The van der Waals surface area contributed by atoms with Crippen molar-refractivity contribution in [3.05, 3.63) is 176 Å². The highest BCUT2D eigenvalue weighted by molar-refractivity contribution is 6.10. The molecular weight excluding hydrogens is 542 g/mol. The summed E-state index contributed by atoms with van der Waals surface area (Å²) in [5.74, 6) is 0. The Hall–Kier alpha value is -5.92. The third-order valence-corrected chi connectivity index (χ3v) is 9.18. The zero-order valence-electron chi connectivity index (χ0n) is 24.7. The van der Waals surface area contributed by atoms with Crippen LogP contribution >= 0.6 is 0 Å². The van der Waals surface area contributed by atoms with E-state index in [-0.39, 0.29) is 0 Å². The number of anilines is 3. The number of benzene rings is 9. The number of nitrogens with zero attached hydrogens (tertiary/aromatic N) is 1. The molecule has 1 nitrogen and oxygen atoms in total. The van der Waals surface area contributed by atoms with Crippen molar-refractivity contribution >= 4 is 70.9 Å². The maximum Gasteiger partial charge on any atom is 0.0468 e. The predicted molar refractivity (Wildman–Crippen MR) is 194 cm³/mol. The molecule has 0 spiro atoms. The second kappa shape index (κ2) is 10.4. The molecule has 0 aliphatic carbocycles. The number of hydrogen-bond acceptors (Lipinski definition) is 1. The van der Waals surface area contributed by atoms with Gasteiger partial charge in [-0.25, -0.2) is 0 Å². The molecular formula is C44H29N. The van der Waals surface area contributed by atoms with Gasteiger partial charge in [0.2, 0.25) is 0 Å². The van der Waals surface area contributed by atoms with Gasteiger partial charge in [0.05, 0.1) is 0 Å². The van der Waals surface area contributed by atoms with Gasteiger partial charge in [0.1, 0.15) is 0 Å². The molecule has 0 heterocycles. The molecule has 210 valence electrons. The summed E-state index contributed by atoms with van der Waals surface area (Å²) in [5.41, 5.74) is 5.83. The molecule has 0 bridgehead atoms. The molecule has 0 N–H and O–H groups in total. The van der Waals surface area contributed by atoms with Crippen molar-refractivity contribution in [3.8, 4) is 11.1 Å². The molecule has 0 radical (unpaired) electrons. The van der Waals surface area contributed by atoms with E-state index in [1.54, 1.807) is 0 Å². The van der Waals surface area contributed by atoms with Crippen LogP contribution in [0.15, 0.2) is 176 Å². The molecule has 0 unspecified atom stereocenters. The van der Waals surface area contributed by atoms with E-state index in [9.17, 15) is 0 Å². The van der Waals surface area contributed by atoms with Crippen molar-refractivity contribution in [2.75, 3.05) is 4.90 Å². The van der Waals surface area contributed by atoms with E-state index in [1.165, 1.54) is 65.0 Å². The first-order chi connectivity index (χ1) is 22.3. The topological polar surface area (TPSA) is 3.24 Å². The molecule has 9 rings (SSSR count). The second-order valence-electron chi connectivity index (χ2n) is 11.8. The maximum absolute atomic E-state index is 2.39. The minimum absolute atomic E-state index is 1.12. The highest BCUT2D eigenvalue weighted by Gasteiger charge is 2.15. The number of hydrogen-bond donors (Lipinski definition) is 0. The summed E-state index contributed by atoms with van der Waals surface area (Å²) < 4.78 is 0. The van der Waals surface area contributed by atoms with Gasteiger partial charge in [-0.15, -0.1) is 0 Å². The molecule has 0 saturated heterocycles. The summed E-state index contributed by atoms with van der Waals surface area (Å²) >= 11 is 0. The van der Waals surface area contributed by atoms with Gasteiger partial charge in [0, 0.05) is 17.1 Å². The second-order valence-corrected chi connectivity index (χ2v) is 11.8. The lowest BCUT2D eigenvalue weighted by molar-refractivity contribution is 1.30. The standard InChI is InChI=1S/C44H29N/c1-2-10-35-27-36(17-13-30(35)7-1)31-19-22-38(23-20-31)45(39-25-26-43-37(28-39)18-16-32-8-3-5-11-41(32)43)40-24-21-34-15-14-33-9-4-6-12-42(33)44(34)29-40/h1-29H. The van der Waals surface area contributed by atoms with E-state index in [4.69, 9.17) is 0 Å². The fraction of sp³-hybridized carbons (Fsp3) is 0. The maximum atomic E-state index is 2.39. The minimum atomic E-state index is 1.12. The van der Waals surface area contributed by atoms with Crippen LogP contribution in [0, 0.1) is 0 Å². The SMILES string of the molecule is c1ccc2cc(-c3ccc(N(c4ccc5c(ccc6ccccc65)c4)c4ccc5ccc6ccccc6c5c4)cc3)ccc2c1. The molecule has 0 aliphatic rings. The smallest absolute Gasteiger partial charge is 0.0468 e. The summed E-state index contributed by atoms with van der Waals surface area (Å²) in [5, 5.41) is 12.6. The molecule has 0 amide bonds. The largest absolute Gasteiger partial charge is 0.310 e. The van der Waals surface area contributed by atoms with Gasteiger partial charge in [0.15, 0.2) is 0 Å². The van der Waals surface area contributed by atoms with Crippen LogP contribution in [0.5, 0.6) is 0 Å². The van der Waals surface area contributed by atoms with E-state index in [2.05, 4.69) is 181 Å². The lowest BCUT2D eigenvalue weighted by Gasteiger charge is -2.27. The molecule has 9 aromatic rings. The fourth-order valence-electron chi connectivity index (χ4n) is 6.89. The Labute approximate surface area is 262 Å². The number of fused-ring (bicyclic) bond motifs is 7. The molecule has 0 aliphatic heterocycles. The van der Waals surface area contributed by atoms with Gasteiger partial charge in [-0.05, 0) is 107 Å². The average Bonchev–Trinajstić information content (AvgIpc) is 3.11. The predicted octanol–water partition coefficient (Wildman–Crippen LogP) is 12.6. The van der Waals surface area contributed by atoms with Crippen molar-refractivity contribution in [1.82, 2.24) is 0 Å². The van der Waals surface area contributed by atoms with E-state index in [1.807, 2.05) is 0 Å². The molecule has 9 aromatic carbocycles. The number of rotatable bonds is 4. The Kier molecular flexibility index (Phi) is 5.89. The van der Waals surface area contributed by atoms with Gasteiger partial charge in [-0.3, -0.25) is 0 Å². The van der Waals surface area contributed by atoms with E-state index >= 15 is 0 Å². The Morgan fingerprint density at radius 2 is 0.711 bits per heavy atom. The third-order valence-electron chi connectivity index (χ3n) is 9.18. The van der Waals surface area contributed by atoms with Crippen molar-refractivity contribution in [2.24, 2.45) is 0 Å². The normalized spacial score (nSPS) is 11.6. The fourth-order valence-corrected chi connectivity index (χ4v) is 6.89. The van der Waals surface area contributed by atoms with Gasteiger partial charge >= 0.3 is 0 Å². The highest BCUT2D eigenvalue weighted by Crippen LogP contribution is 2.40. The van der Waals surface area contributed by atoms with Crippen LogP contribution in [0.2, 0.25) is 0 Å². The summed E-state index contributed by atoms with van der Waals surface area (Å²) in [4.78, 5) is 2.39.